The number of carbonyl (C=O) groups is 1. The second-order valence-corrected chi connectivity index (χ2v) is 4.12. The van der Waals surface area contributed by atoms with Crippen LogP contribution in [0.3, 0.4) is 0 Å². The predicted molar refractivity (Wildman–Crippen MR) is 71.6 cm³/mol. The molecule has 2 aromatic rings. The number of halogens is 1. The molecule has 2 amide bonds. The highest BCUT2D eigenvalue weighted by atomic mass is 19.1. The van der Waals surface area contributed by atoms with Crippen molar-refractivity contribution in [2.75, 3.05) is 10.6 Å². The number of H-pyrrole nitrogens is 1. The van der Waals surface area contributed by atoms with E-state index in [4.69, 9.17) is 0 Å². The Balaban J connectivity index is 1.93. The largest absolute Gasteiger partial charge is 0.324 e. The zero-order chi connectivity index (χ0) is 13.7. The van der Waals surface area contributed by atoms with Gasteiger partial charge in [-0.1, -0.05) is 19.4 Å². The first-order valence-corrected chi connectivity index (χ1v) is 6.05. The zero-order valence-corrected chi connectivity index (χ0v) is 10.5. The fraction of sp³-hybridized carbons (Fsp3) is 0.231. The van der Waals surface area contributed by atoms with Crippen LogP contribution in [-0.4, -0.2) is 16.2 Å². The van der Waals surface area contributed by atoms with Gasteiger partial charge in [0.1, 0.15) is 5.82 Å². The summed E-state index contributed by atoms with van der Waals surface area (Å²) in [5.41, 5.74) is 1.35. The average molecular weight is 262 g/mol. The molecule has 0 bridgehead atoms. The van der Waals surface area contributed by atoms with E-state index < -0.39 is 11.8 Å². The second-order valence-electron chi connectivity index (χ2n) is 4.12. The van der Waals surface area contributed by atoms with E-state index in [2.05, 4.69) is 27.8 Å². The summed E-state index contributed by atoms with van der Waals surface area (Å²) < 4.78 is 12.9. The molecule has 0 spiro atoms. The first kappa shape index (κ1) is 13.1. The van der Waals surface area contributed by atoms with E-state index in [0.717, 1.165) is 18.5 Å². The van der Waals surface area contributed by atoms with Crippen molar-refractivity contribution in [2.45, 2.75) is 19.8 Å². The summed E-state index contributed by atoms with van der Waals surface area (Å²) in [4.78, 5) is 11.7. The SMILES string of the molecule is CCCc1cc(NC(=O)Nc2cccc(F)c2)n[nH]1. The van der Waals surface area contributed by atoms with Crippen LogP contribution in [0.1, 0.15) is 19.0 Å². The maximum atomic E-state index is 12.9. The number of nitrogens with zero attached hydrogens (tertiary/aromatic N) is 1. The first-order chi connectivity index (χ1) is 9.17. The van der Waals surface area contributed by atoms with Crippen LogP contribution in [0.2, 0.25) is 0 Å². The molecule has 0 saturated heterocycles. The molecule has 2 rings (SSSR count). The lowest BCUT2D eigenvalue weighted by atomic mass is 10.2. The highest BCUT2D eigenvalue weighted by Gasteiger charge is 2.06. The van der Waals surface area contributed by atoms with E-state index in [0.29, 0.717) is 11.5 Å². The summed E-state index contributed by atoms with van der Waals surface area (Å²) in [5.74, 6) is 0.0418. The van der Waals surface area contributed by atoms with Gasteiger partial charge in [0.2, 0.25) is 0 Å². The molecule has 0 aliphatic rings. The normalized spacial score (nSPS) is 10.2. The molecular formula is C13H15FN4O. The smallest absolute Gasteiger partial charge is 0.308 e. The fourth-order valence-electron chi connectivity index (χ4n) is 1.67. The quantitative estimate of drug-likeness (QED) is 0.792. The van der Waals surface area contributed by atoms with Crippen molar-refractivity contribution in [3.63, 3.8) is 0 Å². The van der Waals surface area contributed by atoms with Crippen molar-refractivity contribution < 1.29 is 9.18 Å². The van der Waals surface area contributed by atoms with E-state index in [-0.39, 0.29) is 0 Å². The van der Waals surface area contributed by atoms with Crippen LogP contribution in [0.4, 0.5) is 20.7 Å². The maximum Gasteiger partial charge on any atom is 0.324 e. The molecule has 0 atom stereocenters. The van der Waals surface area contributed by atoms with Gasteiger partial charge < -0.3 is 5.32 Å². The van der Waals surface area contributed by atoms with Crippen LogP contribution in [0, 0.1) is 5.82 Å². The Kier molecular flexibility index (Phi) is 4.12. The van der Waals surface area contributed by atoms with Crippen LogP contribution in [0.15, 0.2) is 30.3 Å². The Labute approximate surface area is 110 Å². The third kappa shape index (κ3) is 3.80. The predicted octanol–water partition coefficient (Wildman–Crippen LogP) is 3.15. The first-order valence-electron chi connectivity index (χ1n) is 6.05. The summed E-state index contributed by atoms with van der Waals surface area (Å²) in [7, 11) is 0. The van der Waals surface area contributed by atoms with Crippen LogP contribution in [0.25, 0.3) is 0 Å². The number of urea groups is 1. The molecule has 1 heterocycles. The van der Waals surface area contributed by atoms with Crippen molar-refractivity contribution in [2.24, 2.45) is 0 Å². The van der Waals surface area contributed by atoms with Gasteiger partial charge in [0.25, 0.3) is 0 Å². The molecule has 3 N–H and O–H groups in total. The number of amides is 2. The molecule has 1 aromatic carbocycles. The van der Waals surface area contributed by atoms with E-state index in [1.807, 2.05) is 0 Å². The molecule has 5 nitrogen and oxygen atoms in total. The molecule has 100 valence electrons. The number of hydrogen-bond donors (Lipinski definition) is 3. The molecule has 19 heavy (non-hydrogen) atoms. The van der Waals surface area contributed by atoms with E-state index in [1.54, 1.807) is 12.1 Å². The number of hydrogen-bond acceptors (Lipinski definition) is 2. The van der Waals surface area contributed by atoms with Crippen LogP contribution in [0.5, 0.6) is 0 Å². The van der Waals surface area contributed by atoms with E-state index in [9.17, 15) is 9.18 Å². The van der Waals surface area contributed by atoms with Crippen molar-refractivity contribution in [1.29, 1.82) is 0 Å². The number of rotatable bonds is 4. The Hall–Kier alpha value is -2.37. The molecular weight excluding hydrogens is 247 g/mol. The van der Waals surface area contributed by atoms with Crippen LogP contribution in [-0.2, 0) is 6.42 Å². The number of aromatic amines is 1. The van der Waals surface area contributed by atoms with Gasteiger partial charge in [-0.3, -0.25) is 10.4 Å². The van der Waals surface area contributed by atoms with Gasteiger partial charge >= 0.3 is 6.03 Å². The summed E-state index contributed by atoms with van der Waals surface area (Å²) in [6, 6.07) is 7.00. The van der Waals surface area contributed by atoms with Crippen LogP contribution >= 0.6 is 0 Å². The van der Waals surface area contributed by atoms with Crippen molar-refractivity contribution in [3.05, 3.63) is 41.8 Å². The molecule has 1 aromatic heterocycles. The maximum absolute atomic E-state index is 12.9. The molecule has 6 heteroatoms. The highest BCUT2D eigenvalue weighted by molar-refractivity contribution is 5.99. The fourth-order valence-corrected chi connectivity index (χ4v) is 1.67. The lowest BCUT2D eigenvalue weighted by Crippen LogP contribution is -2.19. The third-order valence-electron chi connectivity index (χ3n) is 2.47. The lowest BCUT2D eigenvalue weighted by Gasteiger charge is -2.05. The molecule has 0 aliphatic heterocycles. The minimum absolute atomic E-state index is 0.391. The molecule has 0 saturated carbocycles. The lowest BCUT2D eigenvalue weighted by molar-refractivity contribution is 0.262. The molecule has 0 aliphatic carbocycles. The molecule has 0 radical (unpaired) electrons. The van der Waals surface area contributed by atoms with Crippen molar-refractivity contribution in [1.82, 2.24) is 10.2 Å². The van der Waals surface area contributed by atoms with Gasteiger partial charge in [-0.25, -0.2) is 9.18 Å². The summed E-state index contributed by atoms with van der Waals surface area (Å²) >= 11 is 0. The Bertz CT molecular complexity index is 567. The van der Waals surface area contributed by atoms with E-state index >= 15 is 0 Å². The summed E-state index contributed by atoms with van der Waals surface area (Å²) in [6.07, 6.45) is 1.87. The highest BCUT2D eigenvalue weighted by Crippen LogP contribution is 2.11. The van der Waals surface area contributed by atoms with Crippen LogP contribution < -0.4 is 10.6 Å². The van der Waals surface area contributed by atoms with Crippen molar-refractivity contribution in [3.8, 4) is 0 Å². The minimum Gasteiger partial charge on any atom is -0.308 e. The molecule has 0 fully saturated rings. The monoisotopic (exact) mass is 262 g/mol. The summed E-state index contributed by atoms with van der Waals surface area (Å²) in [5, 5.41) is 11.9. The Morgan fingerprint density at radius 1 is 1.37 bits per heavy atom. The number of aryl methyl sites for hydroxylation is 1. The van der Waals surface area contributed by atoms with Crippen molar-refractivity contribution >= 4 is 17.5 Å². The van der Waals surface area contributed by atoms with Gasteiger partial charge in [-0.15, -0.1) is 0 Å². The number of anilines is 2. The molecule has 0 unspecified atom stereocenters. The number of aromatic nitrogens is 2. The van der Waals surface area contributed by atoms with Gasteiger partial charge in [-0.05, 0) is 24.6 Å². The third-order valence-corrected chi connectivity index (χ3v) is 2.47. The number of benzene rings is 1. The average Bonchev–Trinajstić information content (AvgIpc) is 2.77. The minimum atomic E-state index is -0.458. The standard InChI is InChI=1S/C13H15FN4O/c1-2-4-11-8-12(18-17-11)16-13(19)15-10-6-3-5-9(14)7-10/h3,5-8H,2,4H2,1H3,(H3,15,16,17,18,19). The van der Waals surface area contributed by atoms with Gasteiger partial charge in [0.05, 0.1) is 0 Å². The second kappa shape index (κ2) is 5.99. The van der Waals surface area contributed by atoms with Gasteiger partial charge in [-0.2, -0.15) is 5.10 Å². The topological polar surface area (TPSA) is 69.8 Å². The Morgan fingerprint density at radius 2 is 2.21 bits per heavy atom. The van der Waals surface area contributed by atoms with Gasteiger partial charge in [0, 0.05) is 17.4 Å². The Morgan fingerprint density at radius 3 is 2.95 bits per heavy atom. The number of carbonyl (C=O) groups excluding carboxylic acids is 1. The number of nitrogens with one attached hydrogen (secondary N) is 3. The summed E-state index contributed by atoms with van der Waals surface area (Å²) in [6.45, 7) is 2.06. The van der Waals surface area contributed by atoms with Gasteiger partial charge in [0.15, 0.2) is 5.82 Å². The zero-order valence-electron chi connectivity index (χ0n) is 10.5. The van der Waals surface area contributed by atoms with E-state index in [1.165, 1.54) is 18.2 Å².